The predicted octanol–water partition coefficient (Wildman–Crippen LogP) is -0.956. The summed E-state index contributed by atoms with van der Waals surface area (Å²) in [5, 5.41) is 0. The molecule has 0 aliphatic rings. The fourth-order valence-electron chi connectivity index (χ4n) is 0. The molecule has 9 heavy (non-hydrogen) atoms. The van der Waals surface area contributed by atoms with Crippen molar-refractivity contribution in [1.82, 2.24) is 0 Å². The van der Waals surface area contributed by atoms with Gasteiger partial charge in [-0.3, -0.25) is 0 Å². The molecule has 5 heteroatoms. The average molecular weight is 134 g/mol. The van der Waals surface area contributed by atoms with Gasteiger partial charge < -0.3 is 21.1 Å². The minimum atomic E-state index is -0.833. The summed E-state index contributed by atoms with van der Waals surface area (Å²) >= 11 is 0. The lowest BCUT2D eigenvalue weighted by Gasteiger charge is -1.62. The van der Waals surface area contributed by atoms with Crippen LogP contribution in [0.25, 0.3) is 0 Å². The number of hydrogen-bond acceptors (Lipinski definition) is 3. The van der Waals surface area contributed by atoms with E-state index in [1.54, 1.807) is 0 Å². The first-order chi connectivity index (χ1) is 4.15. The first-order valence-electron chi connectivity index (χ1n) is 1.88. The lowest BCUT2D eigenvalue weighted by atomic mass is 11.0. The molecule has 0 fully saturated rings. The quantitative estimate of drug-likeness (QED) is 0.417. The summed E-state index contributed by atoms with van der Waals surface area (Å²) < 4.78 is 0. The van der Waals surface area contributed by atoms with Gasteiger partial charge in [-0.25, -0.2) is 4.79 Å². The summed E-state index contributed by atoms with van der Waals surface area (Å²) in [5.41, 5.74) is 8.50. The monoisotopic (exact) mass is 134 g/mol. The van der Waals surface area contributed by atoms with Gasteiger partial charge in [-0.1, -0.05) is 0 Å². The molecule has 0 atom stereocenters. The Bertz CT molecular complexity index is 70.2. The van der Waals surface area contributed by atoms with Crippen LogP contribution in [0.3, 0.4) is 0 Å². The highest BCUT2D eigenvalue weighted by Gasteiger charge is 1.60. The second kappa shape index (κ2) is 30.5. The molecule has 54 valence electrons. The van der Waals surface area contributed by atoms with Crippen molar-refractivity contribution in [1.29, 1.82) is 0 Å². The highest BCUT2D eigenvalue weighted by molar-refractivity contribution is 5.69. The first-order valence-corrected chi connectivity index (χ1v) is 1.88. The molecule has 0 unspecified atom stereocenters. The maximum absolute atomic E-state index is 9.00. The number of rotatable bonds is 0. The van der Waals surface area contributed by atoms with Gasteiger partial charge >= 0.3 is 6.03 Å². The van der Waals surface area contributed by atoms with Crippen molar-refractivity contribution in [3.8, 4) is 0 Å². The van der Waals surface area contributed by atoms with Crippen LogP contribution in [-0.4, -0.2) is 19.1 Å². The van der Waals surface area contributed by atoms with Crippen LogP contribution in [0.5, 0.6) is 0 Å². The lowest BCUT2D eigenvalue weighted by Crippen LogP contribution is -2.18. The minimum absolute atomic E-state index is 0.750. The van der Waals surface area contributed by atoms with Crippen LogP contribution in [-0.2, 0) is 9.59 Å². The van der Waals surface area contributed by atoms with Crippen LogP contribution < -0.4 is 11.5 Å². The molecular weight excluding hydrogens is 124 g/mol. The number of urea groups is 1. The van der Waals surface area contributed by atoms with Gasteiger partial charge in [0.25, 0.3) is 0 Å². The summed E-state index contributed by atoms with van der Waals surface area (Å²) in [6.07, 6.45) is 0.750. The third kappa shape index (κ3) is 72.7. The van der Waals surface area contributed by atoms with Gasteiger partial charge in [0.2, 0.25) is 0 Å². The zero-order valence-electron chi connectivity index (χ0n) is 5.16. The molecule has 4 N–H and O–H groups in total. The van der Waals surface area contributed by atoms with Crippen molar-refractivity contribution in [3.63, 3.8) is 0 Å². The maximum Gasteiger partial charge on any atom is 0.309 e. The Kier molecular flexibility index (Phi) is 53.1. The largest absolute Gasteiger partial charge is 0.352 e. The van der Waals surface area contributed by atoms with Crippen LogP contribution in [0.15, 0.2) is 0 Å². The van der Waals surface area contributed by atoms with E-state index in [1.807, 2.05) is 6.79 Å². The molecule has 0 aliphatic carbocycles. The summed E-state index contributed by atoms with van der Waals surface area (Å²) in [6, 6.07) is -0.833. The molecule has 0 aromatic rings. The smallest absolute Gasteiger partial charge is 0.309 e. The molecule has 0 radical (unpaired) electrons. The van der Waals surface area contributed by atoms with Crippen molar-refractivity contribution in [2.45, 2.75) is 6.92 Å². The second-order valence-electron chi connectivity index (χ2n) is 0.638. The number of primary amides is 2. The van der Waals surface area contributed by atoms with Gasteiger partial charge in [0.15, 0.2) is 0 Å². The van der Waals surface area contributed by atoms with Crippen LogP contribution >= 0.6 is 0 Å². The third-order valence-corrected chi connectivity index (χ3v) is 0. The van der Waals surface area contributed by atoms with E-state index in [9.17, 15) is 0 Å². The number of carbonyl (C=O) groups excluding carboxylic acids is 3. The SMILES string of the molecule is C=O.CC=O.NC(N)=O. The van der Waals surface area contributed by atoms with Crippen molar-refractivity contribution < 1.29 is 14.4 Å². The summed E-state index contributed by atoms with van der Waals surface area (Å²) in [6.45, 7) is 3.44. The Hall–Kier alpha value is -1.39. The summed E-state index contributed by atoms with van der Waals surface area (Å²) in [7, 11) is 0. The fraction of sp³-hybridized carbons (Fsp3) is 0.250. The van der Waals surface area contributed by atoms with Crippen molar-refractivity contribution in [3.05, 3.63) is 0 Å². The number of aldehydes is 1. The van der Waals surface area contributed by atoms with Gasteiger partial charge in [-0.15, -0.1) is 0 Å². The molecule has 0 saturated carbocycles. The lowest BCUT2D eigenvalue weighted by molar-refractivity contribution is -0.106. The van der Waals surface area contributed by atoms with Gasteiger partial charge in [0.05, 0.1) is 0 Å². The van der Waals surface area contributed by atoms with Gasteiger partial charge in [0, 0.05) is 0 Å². The Labute approximate surface area is 53.0 Å². The van der Waals surface area contributed by atoms with E-state index < -0.39 is 6.03 Å². The molecule has 0 bridgehead atoms. The molecule has 0 aromatic heterocycles. The molecule has 0 aliphatic heterocycles. The number of nitrogens with two attached hydrogens (primary N) is 2. The standard InChI is InChI=1S/C2H4O.CH4N2O.CH2O/c1-2-3;2-1(3)4;1-2/h2H,1H3;(H4,2,3,4);1H2. The van der Waals surface area contributed by atoms with E-state index >= 15 is 0 Å². The minimum Gasteiger partial charge on any atom is -0.352 e. The Morgan fingerprint density at radius 1 is 1.44 bits per heavy atom. The molecule has 0 rings (SSSR count). The van der Waals surface area contributed by atoms with Crippen LogP contribution in [0, 0.1) is 0 Å². The first kappa shape index (κ1) is 15.6. The van der Waals surface area contributed by atoms with E-state index in [2.05, 4.69) is 11.5 Å². The topological polar surface area (TPSA) is 103 Å². The van der Waals surface area contributed by atoms with E-state index in [1.165, 1.54) is 6.92 Å². The van der Waals surface area contributed by atoms with Gasteiger partial charge in [-0.05, 0) is 6.92 Å². The zero-order valence-corrected chi connectivity index (χ0v) is 5.16. The van der Waals surface area contributed by atoms with Gasteiger partial charge in [0.1, 0.15) is 13.1 Å². The second-order valence-corrected chi connectivity index (χ2v) is 0.638. The molecule has 2 amide bonds. The number of hydrogen-bond donors (Lipinski definition) is 2. The normalized spacial score (nSPS) is 4.56. The summed E-state index contributed by atoms with van der Waals surface area (Å²) in [5.74, 6) is 0. The van der Waals surface area contributed by atoms with Crippen LogP contribution in [0.1, 0.15) is 6.92 Å². The molecule has 5 nitrogen and oxygen atoms in total. The fourth-order valence-corrected chi connectivity index (χ4v) is 0. The molecule has 0 spiro atoms. The third-order valence-electron chi connectivity index (χ3n) is 0. The zero-order chi connectivity index (χ0) is 8.28. The predicted molar refractivity (Wildman–Crippen MR) is 32.6 cm³/mol. The molecule has 0 aromatic carbocycles. The summed E-state index contributed by atoms with van der Waals surface area (Å²) in [4.78, 5) is 25.8. The average Bonchev–Trinajstić information content (AvgIpc) is 1.71. The van der Waals surface area contributed by atoms with Crippen molar-refractivity contribution in [2.24, 2.45) is 11.5 Å². The highest BCUT2D eigenvalue weighted by Crippen LogP contribution is 1.25. The maximum atomic E-state index is 9.00. The molecule has 0 saturated heterocycles. The molecule has 0 heterocycles. The Balaban J connectivity index is -0.0000000646. The molecular formula is C4H10N2O3. The van der Waals surface area contributed by atoms with E-state index in [0.717, 1.165) is 6.29 Å². The number of amides is 2. The van der Waals surface area contributed by atoms with Crippen LogP contribution in [0.4, 0.5) is 4.79 Å². The number of carbonyl (C=O) groups is 3. The van der Waals surface area contributed by atoms with Crippen molar-refractivity contribution in [2.75, 3.05) is 0 Å². The van der Waals surface area contributed by atoms with Gasteiger partial charge in [-0.2, -0.15) is 0 Å². The Morgan fingerprint density at radius 2 is 1.44 bits per heavy atom. The van der Waals surface area contributed by atoms with E-state index in [0.29, 0.717) is 0 Å². The van der Waals surface area contributed by atoms with Crippen molar-refractivity contribution >= 4 is 19.1 Å². The highest BCUT2D eigenvalue weighted by atomic mass is 16.2. The Morgan fingerprint density at radius 3 is 1.44 bits per heavy atom. The van der Waals surface area contributed by atoms with E-state index in [-0.39, 0.29) is 0 Å². The van der Waals surface area contributed by atoms with Crippen LogP contribution in [0.2, 0.25) is 0 Å². The van der Waals surface area contributed by atoms with E-state index in [4.69, 9.17) is 14.4 Å².